The van der Waals surface area contributed by atoms with Crippen LogP contribution in [0.2, 0.25) is 0 Å². The number of aliphatic hydroxyl groups excluding tert-OH is 1. The highest BCUT2D eigenvalue weighted by atomic mass is 19.2. The van der Waals surface area contributed by atoms with Crippen LogP contribution in [0.3, 0.4) is 0 Å². The highest BCUT2D eigenvalue weighted by Gasteiger charge is 2.45. The second kappa shape index (κ2) is 10.4. The number of ether oxygens (including phenoxy) is 1. The maximum atomic E-state index is 14.6. The standard InChI is InChI=1S/C22H21F8NO4/c1-21(2,3)35-20(33)31-9(8-32)4-5-22(34,14-16(27)10(23)6-11(24)17(14)28)15-18(29)12(25)7-13(26)19(15)30/h6-7,9,32,34H,4-5,8H2,1-3H3,(H,31,33)/t9-/m0/s1. The zero-order valence-electron chi connectivity index (χ0n) is 18.6. The third-order valence-electron chi connectivity index (χ3n) is 4.85. The largest absolute Gasteiger partial charge is 0.444 e. The monoisotopic (exact) mass is 515 g/mol. The van der Waals surface area contributed by atoms with Gasteiger partial charge in [-0.25, -0.2) is 39.9 Å². The molecule has 0 heterocycles. The summed E-state index contributed by atoms with van der Waals surface area (Å²) in [4.78, 5) is 11.9. The number of hydrogen-bond donors (Lipinski definition) is 3. The number of amides is 1. The molecule has 0 aromatic heterocycles. The topological polar surface area (TPSA) is 78.8 Å². The van der Waals surface area contributed by atoms with Gasteiger partial charge in [-0.3, -0.25) is 0 Å². The molecule has 0 aliphatic carbocycles. The van der Waals surface area contributed by atoms with Crippen LogP contribution < -0.4 is 5.32 Å². The number of carbonyl (C=O) groups is 1. The van der Waals surface area contributed by atoms with E-state index < -0.39 is 100 Å². The van der Waals surface area contributed by atoms with Gasteiger partial charge in [0.2, 0.25) is 0 Å². The molecule has 5 nitrogen and oxygen atoms in total. The number of alkyl carbamates (subject to hydrolysis) is 1. The predicted molar refractivity (Wildman–Crippen MR) is 105 cm³/mol. The Hall–Kier alpha value is -2.93. The first-order valence-corrected chi connectivity index (χ1v) is 10.0. The molecule has 35 heavy (non-hydrogen) atoms. The quantitative estimate of drug-likeness (QED) is 0.369. The van der Waals surface area contributed by atoms with E-state index in [9.17, 15) is 50.1 Å². The summed E-state index contributed by atoms with van der Waals surface area (Å²) in [6, 6.07) is -1.92. The molecule has 0 unspecified atom stereocenters. The number of hydrogen-bond acceptors (Lipinski definition) is 4. The van der Waals surface area contributed by atoms with Crippen molar-refractivity contribution in [2.45, 2.75) is 50.9 Å². The molecule has 1 atom stereocenters. The van der Waals surface area contributed by atoms with E-state index in [0.717, 1.165) is 0 Å². The molecule has 0 bridgehead atoms. The third-order valence-corrected chi connectivity index (χ3v) is 4.85. The van der Waals surface area contributed by atoms with Gasteiger partial charge in [0.25, 0.3) is 0 Å². The van der Waals surface area contributed by atoms with E-state index in [1.54, 1.807) is 0 Å². The Morgan fingerprint density at radius 2 is 1.23 bits per heavy atom. The normalized spacial score (nSPS) is 13.1. The molecule has 194 valence electrons. The molecule has 13 heteroatoms. The summed E-state index contributed by atoms with van der Waals surface area (Å²) in [5.74, 6) is -17.5. The first-order valence-electron chi connectivity index (χ1n) is 10.0. The van der Waals surface area contributed by atoms with Gasteiger partial charge >= 0.3 is 6.09 Å². The van der Waals surface area contributed by atoms with Crippen LogP contribution >= 0.6 is 0 Å². The number of carbonyl (C=O) groups excluding carboxylic acids is 1. The molecule has 0 radical (unpaired) electrons. The van der Waals surface area contributed by atoms with Gasteiger partial charge in [-0.2, -0.15) is 0 Å². The Kier molecular flexibility index (Phi) is 8.38. The Balaban J connectivity index is 2.65. The molecular formula is C22H21F8NO4. The maximum Gasteiger partial charge on any atom is 0.407 e. The van der Waals surface area contributed by atoms with Crippen LogP contribution in [0.15, 0.2) is 12.1 Å². The summed E-state index contributed by atoms with van der Waals surface area (Å²) < 4.78 is 119. The predicted octanol–water partition coefficient (Wildman–Crippen LogP) is 4.70. The first-order chi connectivity index (χ1) is 16.0. The van der Waals surface area contributed by atoms with Crippen LogP contribution in [0.25, 0.3) is 0 Å². The van der Waals surface area contributed by atoms with Crippen LogP contribution in [-0.2, 0) is 10.3 Å². The van der Waals surface area contributed by atoms with Crippen molar-refractivity contribution < 1.29 is 54.9 Å². The maximum absolute atomic E-state index is 14.6. The molecule has 2 rings (SSSR count). The van der Waals surface area contributed by atoms with Gasteiger partial charge in [0.15, 0.2) is 46.5 Å². The number of halogens is 8. The van der Waals surface area contributed by atoms with Crippen molar-refractivity contribution in [3.05, 3.63) is 69.8 Å². The minimum Gasteiger partial charge on any atom is -0.444 e. The molecule has 0 spiro atoms. The van der Waals surface area contributed by atoms with Crippen molar-refractivity contribution in [2.24, 2.45) is 0 Å². The van der Waals surface area contributed by atoms with Gasteiger partial charge in [0, 0.05) is 12.1 Å². The fourth-order valence-electron chi connectivity index (χ4n) is 3.31. The van der Waals surface area contributed by atoms with Crippen LogP contribution in [0.4, 0.5) is 39.9 Å². The molecule has 2 aromatic carbocycles. The van der Waals surface area contributed by atoms with E-state index >= 15 is 0 Å². The Morgan fingerprint density at radius 3 is 1.54 bits per heavy atom. The molecule has 2 aromatic rings. The van der Waals surface area contributed by atoms with Gasteiger partial charge < -0.3 is 20.3 Å². The zero-order chi connectivity index (χ0) is 26.9. The highest BCUT2D eigenvalue weighted by molar-refractivity contribution is 5.68. The van der Waals surface area contributed by atoms with Crippen molar-refractivity contribution in [3.8, 4) is 0 Å². The van der Waals surface area contributed by atoms with E-state index in [0.29, 0.717) is 0 Å². The second-order valence-corrected chi connectivity index (χ2v) is 8.61. The van der Waals surface area contributed by atoms with Gasteiger partial charge in [0.1, 0.15) is 11.2 Å². The molecule has 0 saturated carbocycles. The fourth-order valence-corrected chi connectivity index (χ4v) is 3.31. The molecule has 0 aliphatic rings. The Bertz CT molecular complexity index is 1000. The van der Waals surface area contributed by atoms with Gasteiger partial charge in [-0.05, 0) is 33.6 Å². The fraction of sp³-hybridized carbons (Fsp3) is 0.409. The molecule has 0 fully saturated rings. The first kappa shape index (κ1) is 28.3. The smallest absolute Gasteiger partial charge is 0.407 e. The van der Waals surface area contributed by atoms with E-state index in [2.05, 4.69) is 5.32 Å². The van der Waals surface area contributed by atoms with Crippen molar-refractivity contribution in [3.63, 3.8) is 0 Å². The van der Waals surface area contributed by atoms with Crippen LogP contribution in [0, 0.1) is 46.5 Å². The van der Waals surface area contributed by atoms with E-state index in [-0.39, 0.29) is 12.1 Å². The lowest BCUT2D eigenvalue weighted by molar-refractivity contribution is 0.0356. The van der Waals surface area contributed by atoms with Crippen LogP contribution in [-0.4, -0.2) is 34.6 Å². The van der Waals surface area contributed by atoms with Crippen molar-refractivity contribution in [1.29, 1.82) is 0 Å². The van der Waals surface area contributed by atoms with Crippen molar-refractivity contribution in [2.75, 3.05) is 6.61 Å². The summed E-state index contributed by atoms with van der Waals surface area (Å²) in [6.07, 6.45) is -3.18. The second-order valence-electron chi connectivity index (χ2n) is 8.61. The van der Waals surface area contributed by atoms with Crippen molar-refractivity contribution >= 4 is 6.09 Å². The molecule has 0 aliphatic heterocycles. The third kappa shape index (κ3) is 6.01. The van der Waals surface area contributed by atoms with E-state index in [1.807, 2.05) is 0 Å². The van der Waals surface area contributed by atoms with E-state index in [4.69, 9.17) is 4.74 Å². The lowest BCUT2D eigenvalue weighted by Gasteiger charge is -2.32. The summed E-state index contributed by atoms with van der Waals surface area (Å²) in [5.41, 5.74) is -8.71. The van der Waals surface area contributed by atoms with Crippen LogP contribution in [0.1, 0.15) is 44.7 Å². The average molecular weight is 515 g/mol. The van der Waals surface area contributed by atoms with Gasteiger partial charge in [-0.15, -0.1) is 0 Å². The molecular weight excluding hydrogens is 494 g/mol. The molecule has 0 saturated heterocycles. The number of rotatable bonds is 7. The number of aliphatic hydroxyl groups is 2. The SMILES string of the molecule is CC(C)(C)OC(=O)N[C@H](CO)CCC(O)(c1c(F)c(F)cc(F)c1F)c1c(F)c(F)cc(F)c1F. The summed E-state index contributed by atoms with van der Waals surface area (Å²) >= 11 is 0. The van der Waals surface area contributed by atoms with Gasteiger partial charge in [-0.1, -0.05) is 0 Å². The average Bonchev–Trinajstić information content (AvgIpc) is 2.73. The molecule has 1 amide bonds. The Labute approximate surface area is 194 Å². The van der Waals surface area contributed by atoms with E-state index in [1.165, 1.54) is 20.8 Å². The Morgan fingerprint density at radius 1 is 0.857 bits per heavy atom. The number of nitrogens with one attached hydrogen (secondary N) is 1. The minimum atomic E-state index is -3.75. The van der Waals surface area contributed by atoms with Gasteiger partial charge in [0.05, 0.1) is 23.8 Å². The van der Waals surface area contributed by atoms with Crippen molar-refractivity contribution in [1.82, 2.24) is 5.32 Å². The minimum absolute atomic E-state index is 0.256. The number of benzene rings is 2. The zero-order valence-corrected chi connectivity index (χ0v) is 18.6. The summed E-state index contributed by atoms with van der Waals surface area (Å²) in [6.45, 7) is 3.56. The summed E-state index contributed by atoms with van der Waals surface area (Å²) in [7, 11) is 0. The lowest BCUT2D eigenvalue weighted by atomic mass is 9.80. The lowest BCUT2D eigenvalue weighted by Crippen LogP contribution is -2.43. The van der Waals surface area contributed by atoms with Crippen LogP contribution in [0.5, 0.6) is 0 Å². The summed E-state index contributed by atoms with van der Waals surface area (Å²) in [5, 5.41) is 22.7. The molecule has 3 N–H and O–H groups in total. The highest BCUT2D eigenvalue weighted by Crippen LogP contribution is 2.42.